The summed E-state index contributed by atoms with van der Waals surface area (Å²) < 4.78 is 29.7. The lowest BCUT2D eigenvalue weighted by Crippen LogP contribution is -2.13. The Bertz CT molecular complexity index is 767. The number of ether oxygens (including phenoxy) is 1. The summed E-state index contributed by atoms with van der Waals surface area (Å²) in [6.45, 7) is -0.0672. The topological polar surface area (TPSA) is 78.3 Å². The number of nitrogens with zero attached hydrogens (tertiary/aromatic N) is 2. The van der Waals surface area contributed by atoms with Crippen LogP contribution in [-0.2, 0) is 31.8 Å². The smallest absolute Gasteiger partial charge is 0.325 e. The molecule has 0 bridgehead atoms. The van der Waals surface area contributed by atoms with Crippen molar-refractivity contribution in [2.75, 3.05) is 13.4 Å². The molecule has 108 valence electrons. The first-order chi connectivity index (χ1) is 9.38. The molecule has 0 spiro atoms. The number of para-hydroxylation sites is 1. The molecule has 0 unspecified atom stereocenters. The summed E-state index contributed by atoms with van der Waals surface area (Å²) in [5.41, 5.74) is 0.850. The van der Waals surface area contributed by atoms with Gasteiger partial charge in [0.25, 0.3) is 0 Å². The van der Waals surface area contributed by atoms with Crippen molar-refractivity contribution in [1.82, 2.24) is 9.55 Å². The van der Waals surface area contributed by atoms with E-state index in [-0.39, 0.29) is 17.3 Å². The van der Waals surface area contributed by atoms with Gasteiger partial charge in [0.15, 0.2) is 9.84 Å². The largest absolute Gasteiger partial charge is 0.468 e. The fourth-order valence-electron chi connectivity index (χ4n) is 1.94. The molecule has 2 aromatic rings. The van der Waals surface area contributed by atoms with Crippen molar-refractivity contribution in [2.45, 2.75) is 17.3 Å². The Morgan fingerprint density at radius 3 is 2.70 bits per heavy atom. The third kappa shape index (κ3) is 2.64. The first-order valence-electron chi connectivity index (χ1n) is 5.69. The van der Waals surface area contributed by atoms with Gasteiger partial charge in [-0.15, -0.1) is 11.6 Å². The molecule has 1 aromatic heterocycles. The number of sulfone groups is 1. The van der Waals surface area contributed by atoms with E-state index < -0.39 is 15.8 Å². The number of fused-ring (bicyclic) bond motifs is 1. The number of carbonyl (C=O) groups excluding carboxylic acids is 1. The fourth-order valence-corrected chi connectivity index (χ4v) is 2.97. The second-order valence-corrected chi connectivity index (χ2v) is 6.47. The molecule has 0 fully saturated rings. The van der Waals surface area contributed by atoms with E-state index in [2.05, 4.69) is 9.72 Å². The van der Waals surface area contributed by atoms with E-state index in [1.165, 1.54) is 13.2 Å². The number of benzene rings is 1. The highest BCUT2D eigenvalue weighted by molar-refractivity contribution is 7.91. The molecule has 0 saturated carbocycles. The Balaban J connectivity index is 2.72. The summed E-state index contributed by atoms with van der Waals surface area (Å²) in [5.74, 6) is 0.0260. The average Bonchev–Trinajstić information content (AvgIpc) is 2.75. The average molecular weight is 317 g/mol. The number of esters is 1. The van der Waals surface area contributed by atoms with Crippen LogP contribution in [0.5, 0.6) is 0 Å². The van der Waals surface area contributed by atoms with Gasteiger partial charge in [-0.3, -0.25) is 4.79 Å². The molecule has 2 rings (SSSR count). The van der Waals surface area contributed by atoms with Gasteiger partial charge in [-0.05, 0) is 12.1 Å². The van der Waals surface area contributed by atoms with Crippen LogP contribution in [0.15, 0.2) is 23.1 Å². The van der Waals surface area contributed by atoms with E-state index in [9.17, 15) is 13.2 Å². The van der Waals surface area contributed by atoms with Gasteiger partial charge in [-0.1, -0.05) is 6.07 Å². The number of methoxy groups -OCH3 is 1. The Hall–Kier alpha value is -1.60. The predicted molar refractivity (Wildman–Crippen MR) is 74.4 cm³/mol. The summed E-state index contributed by atoms with van der Waals surface area (Å²) in [4.78, 5) is 15.8. The number of halogens is 1. The predicted octanol–water partition coefficient (Wildman–Crippen LogP) is 1.35. The van der Waals surface area contributed by atoms with Crippen molar-refractivity contribution in [3.8, 4) is 0 Å². The minimum absolute atomic E-state index is 0.0644. The molecule has 0 aliphatic carbocycles. The van der Waals surface area contributed by atoms with Gasteiger partial charge in [0.2, 0.25) is 0 Å². The zero-order valence-corrected chi connectivity index (χ0v) is 12.5. The van der Waals surface area contributed by atoms with Crippen LogP contribution >= 0.6 is 11.6 Å². The maximum absolute atomic E-state index is 11.8. The van der Waals surface area contributed by atoms with Gasteiger partial charge >= 0.3 is 5.97 Å². The fraction of sp³-hybridized carbons (Fsp3) is 0.333. The zero-order chi connectivity index (χ0) is 14.9. The van der Waals surface area contributed by atoms with Gasteiger partial charge in [0.05, 0.1) is 23.4 Å². The lowest BCUT2D eigenvalue weighted by molar-refractivity contribution is -0.141. The summed E-state index contributed by atoms with van der Waals surface area (Å²) in [6, 6.07) is 4.77. The van der Waals surface area contributed by atoms with E-state index in [4.69, 9.17) is 11.6 Å². The maximum Gasteiger partial charge on any atom is 0.325 e. The van der Waals surface area contributed by atoms with Gasteiger partial charge < -0.3 is 9.30 Å². The summed E-state index contributed by atoms with van der Waals surface area (Å²) in [5, 5.41) is 0. The summed E-state index contributed by atoms with van der Waals surface area (Å²) in [7, 11) is -2.13. The third-order valence-electron chi connectivity index (χ3n) is 2.85. The number of aromatic nitrogens is 2. The minimum atomic E-state index is -3.41. The molecular weight excluding hydrogens is 304 g/mol. The number of alkyl halides is 1. The normalized spacial score (nSPS) is 11.8. The molecule has 1 heterocycles. The monoisotopic (exact) mass is 316 g/mol. The van der Waals surface area contributed by atoms with Crippen LogP contribution in [0.1, 0.15) is 5.82 Å². The molecule has 0 N–H and O–H groups in total. The number of rotatable bonds is 4. The van der Waals surface area contributed by atoms with Crippen LogP contribution < -0.4 is 0 Å². The highest BCUT2D eigenvalue weighted by atomic mass is 35.5. The van der Waals surface area contributed by atoms with E-state index in [1.54, 1.807) is 16.7 Å². The van der Waals surface area contributed by atoms with Crippen molar-refractivity contribution in [2.24, 2.45) is 0 Å². The second kappa shape index (κ2) is 5.41. The van der Waals surface area contributed by atoms with Crippen LogP contribution in [0.3, 0.4) is 0 Å². The molecular formula is C12H13ClN2O4S. The Labute approximate surface area is 121 Å². The zero-order valence-electron chi connectivity index (χ0n) is 11.0. The minimum Gasteiger partial charge on any atom is -0.468 e. The molecule has 0 atom stereocenters. The highest BCUT2D eigenvalue weighted by Crippen LogP contribution is 2.24. The summed E-state index contributed by atoms with van der Waals surface area (Å²) in [6.07, 6.45) is 1.11. The first-order valence-corrected chi connectivity index (χ1v) is 8.12. The van der Waals surface area contributed by atoms with Crippen molar-refractivity contribution >= 4 is 38.4 Å². The molecule has 0 aliphatic heterocycles. The molecule has 20 heavy (non-hydrogen) atoms. The lowest BCUT2D eigenvalue weighted by atomic mass is 10.3. The Morgan fingerprint density at radius 2 is 2.15 bits per heavy atom. The van der Waals surface area contributed by atoms with E-state index in [1.807, 2.05) is 0 Å². The van der Waals surface area contributed by atoms with Gasteiger partial charge in [-0.2, -0.15) is 0 Å². The van der Waals surface area contributed by atoms with Crippen LogP contribution in [0, 0.1) is 0 Å². The molecule has 8 heteroatoms. The van der Waals surface area contributed by atoms with Crippen LogP contribution in [-0.4, -0.2) is 37.3 Å². The number of hydrogen-bond donors (Lipinski definition) is 0. The molecule has 0 saturated heterocycles. The van der Waals surface area contributed by atoms with Crippen molar-refractivity contribution in [3.63, 3.8) is 0 Å². The van der Waals surface area contributed by atoms with Gasteiger partial charge in [0, 0.05) is 6.26 Å². The molecule has 6 nitrogen and oxygen atoms in total. The highest BCUT2D eigenvalue weighted by Gasteiger charge is 2.19. The quantitative estimate of drug-likeness (QED) is 0.628. The number of hydrogen-bond acceptors (Lipinski definition) is 5. The van der Waals surface area contributed by atoms with Crippen molar-refractivity contribution in [1.29, 1.82) is 0 Å². The number of carbonyl (C=O) groups is 1. The van der Waals surface area contributed by atoms with Crippen LogP contribution in [0.4, 0.5) is 0 Å². The van der Waals surface area contributed by atoms with Crippen LogP contribution in [0.2, 0.25) is 0 Å². The standard InChI is InChI=1S/C12H13ClN2O4S/c1-19-11(16)7-15-8-4-3-5-9(20(2,17)18)12(8)14-10(15)6-13/h3-5H,6-7H2,1-2H3. The van der Waals surface area contributed by atoms with E-state index >= 15 is 0 Å². The van der Waals surface area contributed by atoms with Gasteiger partial charge in [-0.25, -0.2) is 13.4 Å². The van der Waals surface area contributed by atoms with E-state index in [0.717, 1.165) is 6.26 Å². The SMILES string of the molecule is COC(=O)Cn1c(CCl)nc2c(S(C)(=O)=O)cccc21. The second-order valence-electron chi connectivity index (χ2n) is 4.22. The summed E-state index contributed by atoms with van der Waals surface area (Å²) >= 11 is 5.81. The molecule has 0 aliphatic rings. The van der Waals surface area contributed by atoms with Crippen LogP contribution in [0.25, 0.3) is 11.0 Å². The Kier molecular flexibility index (Phi) is 4.01. The molecule has 0 radical (unpaired) electrons. The molecule has 1 aromatic carbocycles. The van der Waals surface area contributed by atoms with Crippen molar-refractivity contribution in [3.05, 3.63) is 24.0 Å². The van der Waals surface area contributed by atoms with Gasteiger partial charge in [0.1, 0.15) is 17.9 Å². The Morgan fingerprint density at radius 1 is 1.45 bits per heavy atom. The number of imidazole rings is 1. The third-order valence-corrected chi connectivity index (χ3v) is 4.22. The molecule has 0 amide bonds. The maximum atomic E-state index is 11.8. The van der Waals surface area contributed by atoms with E-state index in [0.29, 0.717) is 16.9 Å². The van der Waals surface area contributed by atoms with Crippen molar-refractivity contribution < 1.29 is 17.9 Å². The first kappa shape index (κ1) is 14.8. The lowest BCUT2D eigenvalue weighted by Gasteiger charge is -2.06.